The Morgan fingerprint density at radius 1 is 1.15 bits per heavy atom. The lowest BCUT2D eigenvalue weighted by molar-refractivity contribution is -0.329. The number of methoxy groups -OCH3 is 1. The number of aliphatic hydroxyl groups is 2. The van der Waals surface area contributed by atoms with Crippen LogP contribution in [0.1, 0.15) is 29.9 Å². The topological polar surface area (TPSA) is 205 Å². The molecule has 4 aromatic rings. The monoisotopic (exact) mass is 657 g/mol. The lowest BCUT2D eigenvalue weighted by atomic mass is 9.89. The summed E-state index contributed by atoms with van der Waals surface area (Å²) in [6.45, 7) is 4.92. The number of nitrogens with two attached hydrogens (primary N) is 1. The van der Waals surface area contributed by atoms with Crippen LogP contribution in [0, 0.1) is 6.92 Å². The average molecular weight is 658 g/mol. The molecule has 1 unspecified atom stereocenters. The van der Waals surface area contributed by atoms with Gasteiger partial charge in [-0.3, -0.25) is 10.5 Å². The van der Waals surface area contributed by atoms with Gasteiger partial charge in [-0.05, 0) is 63.2 Å². The van der Waals surface area contributed by atoms with E-state index in [9.17, 15) is 24.9 Å². The highest BCUT2D eigenvalue weighted by Gasteiger charge is 2.52. The Kier molecular flexibility index (Phi) is 9.51. The lowest BCUT2D eigenvalue weighted by Gasteiger charge is -2.48. The van der Waals surface area contributed by atoms with E-state index in [-0.39, 0.29) is 33.9 Å². The summed E-state index contributed by atoms with van der Waals surface area (Å²) in [5, 5.41) is 34.6. The van der Waals surface area contributed by atoms with Crippen LogP contribution < -0.4 is 26.1 Å². The van der Waals surface area contributed by atoms with Gasteiger partial charge in [0.15, 0.2) is 11.4 Å². The van der Waals surface area contributed by atoms with Gasteiger partial charge in [0.1, 0.15) is 41.1 Å². The predicted molar refractivity (Wildman–Crippen MR) is 164 cm³/mol. The molecule has 6 N–H and O–H groups in total. The molecular weight excluding hydrogens is 626 g/mol. The molecule has 2 aromatic heterocycles. The summed E-state index contributed by atoms with van der Waals surface area (Å²) in [6.07, 6.45) is -6.45. The van der Waals surface area contributed by atoms with E-state index in [0.29, 0.717) is 10.8 Å². The van der Waals surface area contributed by atoms with Crippen molar-refractivity contribution in [1.29, 1.82) is 0 Å². The number of nitrogens with one attached hydrogen (secondary N) is 1. The third-order valence-electron chi connectivity index (χ3n) is 7.29. The number of pyridine rings is 1. The first-order valence-electron chi connectivity index (χ1n) is 13.9. The number of ether oxygens (including phenoxy) is 5. The minimum atomic E-state index is -1.70. The van der Waals surface area contributed by atoms with Crippen LogP contribution in [0.25, 0.3) is 11.0 Å². The summed E-state index contributed by atoms with van der Waals surface area (Å²) in [4.78, 5) is 30.2. The highest BCUT2D eigenvalue weighted by molar-refractivity contribution is 6.30. The molecule has 3 heterocycles. The predicted octanol–water partition coefficient (Wildman–Crippen LogP) is 3.41. The summed E-state index contributed by atoms with van der Waals surface area (Å²) >= 11 is 5.90. The van der Waals surface area contributed by atoms with Crippen LogP contribution >= 0.6 is 11.6 Å². The van der Waals surface area contributed by atoms with E-state index < -0.39 is 59.6 Å². The van der Waals surface area contributed by atoms with Gasteiger partial charge in [-0.15, -0.1) is 0 Å². The molecule has 1 aliphatic heterocycles. The number of aliphatic hydroxyl groups excluding tert-OH is 2. The van der Waals surface area contributed by atoms with Crippen LogP contribution in [-0.2, 0) is 14.2 Å². The van der Waals surface area contributed by atoms with E-state index >= 15 is 0 Å². The molecule has 5 rings (SSSR count). The van der Waals surface area contributed by atoms with Gasteiger partial charge in [0, 0.05) is 23.8 Å². The van der Waals surface area contributed by atoms with Crippen LogP contribution in [0.4, 0.5) is 5.69 Å². The summed E-state index contributed by atoms with van der Waals surface area (Å²) in [6, 6.07) is 13.9. The van der Waals surface area contributed by atoms with Gasteiger partial charge in [0.25, 0.3) is 5.91 Å². The zero-order valence-corrected chi connectivity index (χ0v) is 25.8. The van der Waals surface area contributed by atoms with Crippen LogP contribution in [0.15, 0.2) is 63.8 Å². The number of benzene rings is 2. The Morgan fingerprint density at radius 3 is 2.54 bits per heavy atom. The molecule has 0 aliphatic carbocycles. The molecule has 14 nitrogen and oxygen atoms in total. The SMILES string of the molecule is CO[C@@H]1[C@@H](OC(N)O)[C@@H](O)[C@H](Oc2ccc3c(O)c(NC(=O)c4cccc(Oc5ccc(Cl)cc5)n4)c(=O)oc3c2C)OC1(C)C. The molecule has 1 fully saturated rings. The van der Waals surface area contributed by atoms with Crippen molar-refractivity contribution in [2.75, 3.05) is 12.4 Å². The third-order valence-corrected chi connectivity index (χ3v) is 7.54. The van der Waals surface area contributed by atoms with Crippen molar-refractivity contribution in [2.24, 2.45) is 5.73 Å². The number of nitrogens with zero attached hydrogens (tertiary/aromatic N) is 1. The summed E-state index contributed by atoms with van der Waals surface area (Å²) in [5.41, 5.74) is 2.92. The summed E-state index contributed by atoms with van der Waals surface area (Å²) in [5.74, 6) is -0.670. The fourth-order valence-corrected chi connectivity index (χ4v) is 5.25. The van der Waals surface area contributed by atoms with Gasteiger partial charge in [-0.2, -0.15) is 0 Å². The Balaban J connectivity index is 1.38. The number of hydrogen-bond donors (Lipinski definition) is 5. The van der Waals surface area contributed by atoms with Crippen molar-refractivity contribution in [3.63, 3.8) is 0 Å². The molecule has 2 aromatic carbocycles. The van der Waals surface area contributed by atoms with Crippen molar-refractivity contribution in [3.05, 3.63) is 81.3 Å². The molecule has 1 aliphatic rings. The second-order valence-electron chi connectivity index (χ2n) is 10.9. The third kappa shape index (κ3) is 6.78. The standard InChI is InChI=1S/C31H32ClN3O11/c1-14-19(43-29-23(37)25(45-30(33)40)26(41-4)31(2,3)46-29)13-12-17-22(36)21(28(39)44-24(14)17)35-27(38)18-6-5-7-20(34-18)42-16-10-8-15(32)9-11-16/h5-13,23,25-26,29-30,36-37,40H,33H2,1-4H3,(H,35,38)/t23-,25+,26-,29-,30?/m1/s1. The number of aromatic nitrogens is 1. The van der Waals surface area contributed by atoms with Crippen molar-refractivity contribution in [3.8, 4) is 23.1 Å². The van der Waals surface area contributed by atoms with Gasteiger partial charge in [0.2, 0.25) is 18.6 Å². The molecule has 1 amide bonds. The molecule has 5 atom stereocenters. The molecular formula is C31H32ClN3O11. The zero-order chi connectivity index (χ0) is 33.3. The van der Waals surface area contributed by atoms with Crippen LogP contribution in [0.5, 0.6) is 23.1 Å². The fourth-order valence-electron chi connectivity index (χ4n) is 5.12. The lowest BCUT2D eigenvalue weighted by Crippen LogP contribution is -2.65. The molecule has 46 heavy (non-hydrogen) atoms. The number of amides is 1. The normalized spacial score (nSPS) is 21.5. The number of aryl methyl sites for hydroxylation is 1. The van der Waals surface area contributed by atoms with E-state index in [1.165, 1.54) is 31.4 Å². The maximum Gasteiger partial charge on any atom is 0.364 e. The first-order valence-corrected chi connectivity index (χ1v) is 14.3. The van der Waals surface area contributed by atoms with E-state index in [2.05, 4.69) is 10.3 Å². The first-order chi connectivity index (χ1) is 21.8. The second kappa shape index (κ2) is 13.2. The van der Waals surface area contributed by atoms with E-state index in [1.807, 2.05) is 0 Å². The Morgan fingerprint density at radius 2 is 1.87 bits per heavy atom. The molecule has 0 bridgehead atoms. The molecule has 244 valence electrons. The molecule has 0 saturated carbocycles. The molecule has 15 heteroatoms. The highest BCUT2D eigenvalue weighted by atomic mass is 35.5. The minimum Gasteiger partial charge on any atom is -0.505 e. The van der Waals surface area contributed by atoms with Crippen molar-refractivity contribution in [1.82, 2.24) is 4.98 Å². The van der Waals surface area contributed by atoms with Crippen molar-refractivity contribution >= 4 is 34.2 Å². The van der Waals surface area contributed by atoms with Crippen LogP contribution in [-0.4, -0.2) is 69.9 Å². The minimum absolute atomic E-state index is 0.0426. The Hall–Kier alpha value is -4.28. The van der Waals surface area contributed by atoms with Gasteiger partial charge in [-0.1, -0.05) is 17.7 Å². The largest absolute Gasteiger partial charge is 0.505 e. The zero-order valence-electron chi connectivity index (χ0n) is 25.1. The maximum atomic E-state index is 13.0. The smallest absolute Gasteiger partial charge is 0.364 e. The van der Waals surface area contributed by atoms with Gasteiger partial charge in [-0.25, -0.2) is 9.78 Å². The van der Waals surface area contributed by atoms with Crippen molar-refractivity contribution in [2.45, 2.75) is 57.4 Å². The quantitative estimate of drug-likeness (QED) is 0.129. The van der Waals surface area contributed by atoms with Crippen molar-refractivity contribution < 1.29 is 48.2 Å². The Labute approximate surface area is 267 Å². The number of halogens is 1. The number of fused-ring (bicyclic) bond motifs is 1. The van der Waals surface area contributed by atoms with Crippen LogP contribution in [0.2, 0.25) is 5.02 Å². The molecule has 1 saturated heterocycles. The van der Waals surface area contributed by atoms with Gasteiger partial charge < -0.3 is 48.7 Å². The van der Waals surface area contributed by atoms with E-state index in [0.717, 1.165) is 0 Å². The number of anilines is 1. The maximum absolute atomic E-state index is 13.0. The average Bonchev–Trinajstić information content (AvgIpc) is 3.00. The van der Waals surface area contributed by atoms with Crippen LogP contribution in [0.3, 0.4) is 0 Å². The van der Waals surface area contributed by atoms with Gasteiger partial charge >= 0.3 is 5.63 Å². The summed E-state index contributed by atoms with van der Waals surface area (Å²) < 4.78 is 33.8. The summed E-state index contributed by atoms with van der Waals surface area (Å²) in [7, 11) is 1.40. The fraction of sp³-hybridized carbons (Fsp3) is 0.323. The number of carbonyl (C=O) groups excluding carboxylic acids is 1. The van der Waals surface area contributed by atoms with E-state index in [1.54, 1.807) is 51.1 Å². The number of aromatic hydroxyl groups is 1. The number of rotatable bonds is 9. The Bertz CT molecular complexity index is 1800. The number of carbonyl (C=O) groups is 1. The van der Waals surface area contributed by atoms with Gasteiger partial charge in [0.05, 0.1) is 11.0 Å². The second-order valence-corrected chi connectivity index (χ2v) is 11.3. The highest BCUT2D eigenvalue weighted by Crippen LogP contribution is 2.38. The molecule has 0 radical (unpaired) electrons. The molecule has 0 spiro atoms. The van der Waals surface area contributed by atoms with E-state index in [4.69, 9.17) is 45.4 Å². The number of hydrogen-bond acceptors (Lipinski definition) is 13. The first kappa shape index (κ1) is 33.1.